The van der Waals surface area contributed by atoms with Gasteiger partial charge in [0.15, 0.2) is 0 Å². The summed E-state index contributed by atoms with van der Waals surface area (Å²) in [4.78, 5) is 5.45. The SMILES string of the molecule is CCC(CCN1CCCCC1)N1CCCCC1. The molecule has 100 valence electrons. The average Bonchev–Trinajstić information content (AvgIpc) is 2.42. The second-order valence-electron chi connectivity index (χ2n) is 5.85. The summed E-state index contributed by atoms with van der Waals surface area (Å²) in [6.45, 7) is 9.15. The lowest BCUT2D eigenvalue weighted by Gasteiger charge is -2.36. The zero-order valence-electron chi connectivity index (χ0n) is 11.7. The monoisotopic (exact) mass is 238 g/mol. The Kier molecular flexibility index (Phi) is 5.79. The number of likely N-dealkylation sites (tertiary alicyclic amines) is 2. The molecule has 0 aliphatic carbocycles. The lowest BCUT2D eigenvalue weighted by molar-refractivity contribution is 0.130. The highest BCUT2D eigenvalue weighted by Crippen LogP contribution is 2.18. The molecular weight excluding hydrogens is 208 g/mol. The van der Waals surface area contributed by atoms with Gasteiger partial charge in [-0.2, -0.15) is 0 Å². The van der Waals surface area contributed by atoms with Crippen molar-refractivity contribution in [1.29, 1.82) is 0 Å². The van der Waals surface area contributed by atoms with E-state index in [0.717, 1.165) is 6.04 Å². The van der Waals surface area contributed by atoms with E-state index in [9.17, 15) is 0 Å². The third kappa shape index (κ3) is 4.26. The van der Waals surface area contributed by atoms with Crippen molar-refractivity contribution in [3.63, 3.8) is 0 Å². The van der Waals surface area contributed by atoms with Crippen LogP contribution in [0.1, 0.15) is 58.3 Å². The van der Waals surface area contributed by atoms with Crippen LogP contribution in [-0.2, 0) is 0 Å². The summed E-state index contributed by atoms with van der Waals surface area (Å²) in [6, 6.07) is 0.859. The van der Waals surface area contributed by atoms with Gasteiger partial charge in [-0.15, -0.1) is 0 Å². The maximum Gasteiger partial charge on any atom is 0.0105 e. The molecule has 17 heavy (non-hydrogen) atoms. The lowest BCUT2D eigenvalue weighted by atomic mass is 10.0. The first-order valence-electron chi connectivity index (χ1n) is 7.86. The molecule has 0 N–H and O–H groups in total. The van der Waals surface area contributed by atoms with Crippen LogP contribution in [0.25, 0.3) is 0 Å². The highest BCUT2D eigenvalue weighted by atomic mass is 15.2. The molecule has 0 radical (unpaired) electrons. The number of rotatable bonds is 5. The fourth-order valence-corrected chi connectivity index (χ4v) is 3.44. The van der Waals surface area contributed by atoms with Gasteiger partial charge in [-0.25, -0.2) is 0 Å². The van der Waals surface area contributed by atoms with E-state index in [1.807, 2.05) is 0 Å². The zero-order valence-corrected chi connectivity index (χ0v) is 11.7. The van der Waals surface area contributed by atoms with Gasteiger partial charge in [0.05, 0.1) is 0 Å². The Labute approximate surface area is 107 Å². The van der Waals surface area contributed by atoms with Crippen molar-refractivity contribution >= 4 is 0 Å². The van der Waals surface area contributed by atoms with E-state index >= 15 is 0 Å². The molecule has 1 unspecified atom stereocenters. The molecule has 0 bridgehead atoms. The van der Waals surface area contributed by atoms with E-state index in [1.165, 1.54) is 84.1 Å². The van der Waals surface area contributed by atoms with Crippen LogP contribution < -0.4 is 0 Å². The molecule has 1 atom stereocenters. The molecule has 2 saturated heterocycles. The van der Waals surface area contributed by atoms with Gasteiger partial charge in [0.25, 0.3) is 0 Å². The first-order chi connectivity index (χ1) is 8.40. The van der Waals surface area contributed by atoms with E-state index < -0.39 is 0 Å². The third-order valence-electron chi connectivity index (χ3n) is 4.61. The van der Waals surface area contributed by atoms with Crippen LogP contribution in [0.15, 0.2) is 0 Å². The first kappa shape index (κ1) is 13.4. The van der Waals surface area contributed by atoms with E-state index in [0.29, 0.717) is 0 Å². The summed E-state index contributed by atoms with van der Waals surface area (Å²) in [5.41, 5.74) is 0. The summed E-state index contributed by atoms with van der Waals surface area (Å²) >= 11 is 0. The standard InChI is InChI=1S/C15H30N2/c1-2-15(17-12-7-4-8-13-17)9-14-16-10-5-3-6-11-16/h15H,2-14H2,1H3. The second-order valence-corrected chi connectivity index (χ2v) is 5.85. The maximum atomic E-state index is 2.76. The predicted molar refractivity (Wildman–Crippen MR) is 74.4 cm³/mol. The van der Waals surface area contributed by atoms with Gasteiger partial charge in [0.1, 0.15) is 0 Å². The van der Waals surface area contributed by atoms with Crippen molar-refractivity contribution in [2.24, 2.45) is 0 Å². The molecule has 2 aliphatic rings. The number of hydrogen-bond acceptors (Lipinski definition) is 2. The highest BCUT2D eigenvalue weighted by Gasteiger charge is 2.20. The van der Waals surface area contributed by atoms with E-state index in [1.54, 1.807) is 0 Å². The predicted octanol–water partition coefficient (Wildman–Crippen LogP) is 3.13. The minimum absolute atomic E-state index is 0.859. The molecule has 2 aliphatic heterocycles. The summed E-state index contributed by atoms with van der Waals surface area (Å²) in [5, 5.41) is 0. The molecule has 0 saturated carbocycles. The largest absolute Gasteiger partial charge is 0.303 e. The van der Waals surface area contributed by atoms with Crippen LogP contribution in [0.4, 0.5) is 0 Å². The van der Waals surface area contributed by atoms with Crippen LogP contribution in [-0.4, -0.2) is 48.6 Å². The molecule has 0 spiro atoms. The first-order valence-corrected chi connectivity index (χ1v) is 7.86. The Morgan fingerprint density at radius 3 is 2.00 bits per heavy atom. The minimum Gasteiger partial charge on any atom is -0.303 e. The van der Waals surface area contributed by atoms with Gasteiger partial charge < -0.3 is 9.80 Å². The molecule has 2 fully saturated rings. The molecule has 2 heteroatoms. The summed E-state index contributed by atoms with van der Waals surface area (Å²) in [7, 11) is 0. The van der Waals surface area contributed by atoms with Crippen molar-refractivity contribution in [3.05, 3.63) is 0 Å². The van der Waals surface area contributed by atoms with Crippen LogP contribution >= 0.6 is 0 Å². The number of hydrogen-bond donors (Lipinski definition) is 0. The van der Waals surface area contributed by atoms with Crippen molar-refractivity contribution in [3.8, 4) is 0 Å². The Bertz CT molecular complexity index is 193. The Morgan fingerprint density at radius 2 is 1.41 bits per heavy atom. The van der Waals surface area contributed by atoms with E-state index in [4.69, 9.17) is 0 Å². The molecule has 0 aromatic rings. The van der Waals surface area contributed by atoms with Gasteiger partial charge in [0.2, 0.25) is 0 Å². The maximum absolute atomic E-state index is 2.76. The summed E-state index contributed by atoms with van der Waals surface area (Å²) < 4.78 is 0. The minimum atomic E-state index is 0.859. The van der Waals surface area contributed by atoms with Crippen LogP contribution in [0.2, 0.25) is 0 Å². The van der Waals surface area contributed by atoms with E-state index in [2.05, 4.69) is 16.7 Å². The number of nitrogens with zero attached hydrogens (tertiary/aromatic N) is 2. The fraction of sp³-hybridized carbons (Fsp3) is 1.00. The second kappa shape index (κ2) is 7.38. The molecule has 2 heterocycles. The fourth-order valence-electron chi connectivity index (χ4n) is 3.44. The quantitative estimate of drug-likeness (QED) is 0.726. The van der Waals surface area contributed by atoms with Gasteiger partial charge in [-0.05, 0) is 71.2 Å². The normalized spacial score (nSPS) is 25.9. The van der Waals surface area contributed by atoms with Gasteiger partial charge in [-0.1, -0.05) is 19.8 Å². The summed E-state index contributed by atoms with van der Waals surface area (Å²) in [5.74, 6) is 0. The number of piperidine rings is 2. The molecule has 2 nitrogen and oxygen atoms in total. The highest BCUT2D eigenvalue weighted by molar-refractivity contribution is 4.76. The van der Waals surface area contributed by atoms with Crippen molar-refractivity contribution in [1.82, 2.24) is 9.80 Å². The van der Waals surface area contributed by atoms with Crippen molar-refractivity contribution in [2.75, 3.05) is 32.7 Å². The zero-order chi connectivity index (χ0) is 11.9. The van der Waals surface area contributed by atoms with Gasteiger partial charge in [-0.3, -0.25) is 0 Å². The molecule has 0 aromatic heterocycles. The molecule has 0 aromatic carbocycles. The van der Waals surface area contributed by atoms with Crippen LogP contribution in [0, 0.1) is 0 Å². The lowest BCUT2D eigenvalue weighted by Crippen LogP contribution is -2.41. The molecular formula is C15H30N2. The molecule has 0 amide bonds. The Morgan fingerprint density at radius 1 is 0.824 bits per heavy atom. The third-order valence-corrected chi connectivity index (χ3v) is 4.61. The van der Waals surface area contributed by atoms with E-state index in [-0.39, 0.29) is 0 Å². The molecule has 2 rings (SSSR count). The topological polar surface area (TPSA) is 6.48 Å². The van der Waals surface area contributed by atoms with Crippen molar-refractivity contribution in [2.45, 2.75) is 64.3 Å². The van der Waals surface area contributed by atoms with Crippen molar-refractivity contribution < 1.29 is 0 Å². The van der Waals surface area contributed by atoms with Crippen LogP contribution in [0.3, 0.4) is 0 Å². The Hall–Kier alpha value is -0.0800. The van der Waals surface area contributed by atoms with Crippen LogP contribution in [0.5, 0.6) is 0 Å². The van der Waals surface area contributed by atoms with Gasteiger partial charge in [0, 0.05) is 6.04 Å². The smallest absolute Gasteiger partial charge is 0.0105 e. The average molecular weight is 238 g/mol. The van der Waals surface area contributed by atoms with Gasteiger partial charge >= 0.3 is 0 Å². The summed E-state index contributed by atoms with van der Waals surface area (Å²) in [6.07, 6.45) is 11.4. The Balaban J connectivity index is 1.70.